The zero-order valence-corrected chi connectivity index (χ0v) is 11.7. The van der Waals surface area contributed by atoms with E-state index in [2.05, 4.69) is 4.98 Å². The molecule has 0 bridgehead atoms. The summed E-state index contributed by atoms with van der Waals surface area (Å²) in [7, 11) is -4.23. The van der Waals surface area contributed by atoms with Gasteiger partial charge in [0.15, 0.2) is 0 Å². The summed E-state index contributed by atoms with van der Waals surface area (Å²) >= 11 is 5.75. The van der Waals surface area contributed by atoms with E-state index in [1.165, 1.54) is 12.1 Å². The zero-order valence-electron chi connectivity index (χ0n) is 10.2. The first-order valence-corrected chi connectivity index (χ1v) is 7.25. The van der Waals surface area contributed by atoms with Crippen molar-refractivity contribution in [2.24, 2.45) is 0 Å². The molecule has 0 unspecified atom stereocenters. The minimum absolute atomic E-state index is 0.204. The molecule has 0 saturated heterocycles. The average Bonchev–Trinajstić information content (AvgIpc) is 2.38. The van der Waals surface area contributed by atoms with Gasteiger partial charge in [-0.15, -0.1) is 0 Å². The molecule has 2 aromatic rings. The molecule has 0 saturated carbocycles. The minimum Gasteiger partial charge on any atom is -0.263 e. The van der Waals surface area contributed by atoms with Gasteiger partial charge >= 0.3 is 0 Å². The van der Waals surface area contributed by atoms with Crippen LogP contribution in [0.25, 0.3) is 0 Å². The lowest BCUT2D eigenvalue weighted by Gasteiger charge is -2.08. The highest BCUT2D eigenvalue weighted by atomic mass is 35.5. The Balaban J connectivity index is 2.44. The highest BCUT2D eigenvalue weighted by Gasteiger charge is 2.22. The zero-order chi connectivity index (χ0) is 15.6. The van der Waals surface area contributed by atoms with Crippen LogP contribution in [0.2, 0.25) is 5.02 Å². The number of non-ortho nitro benzene ring substituents is 1. The van der Waals surface area contributed by atoms with Gasteiger partial charge in [-0.05, 0) is 18.2 Å². The van der Waals surface area contributed by atoms with Crippen LogP contribution in [0.5, 0.6) is 0 Å². The van der Waals surface area contributed by atoms with Crippen molar-refractivity contribution in [3.8, 4) is 0 Å². The van der Waals surface area contributed by atoms with Crippen molar-refractivity contribution in [2.75, 3.05) is 4.72 Å². The standard InChI is InChI=1S/C11H7ClFN3O4S/c12-8-5-4-7(16(17)18)6-9(8)21(19,20)15-11-3-1-2-10(13)14-11/h1-6H,(H,14,15). The summed E-state index contributed by atoms with van der Waals surface area (Å²) in [6.07, 6.45) is 0. The number of hydrogen-bond donors (Lipinski definition) is 1. The molecule has 7 nitrogen and oxygen atoms in total. The third-order valence-corrected chi connectivity index (χ3v) is 4.21. The molecule has 1 aromatic carbocycles. The number of aromatic nitrogens is 1. The van der Waals surface area contributed by atoms with Gasteiger partial charge in [0.2, 0.25) is 5.95 Å². The van der Waals surface area contributed by atoms with Crippen LogP contribution in [0.4, 0.5) is 15.9 Å². The second kappa shape index (κ2) is 5.62. The van der Waals surface area contributed by atoms with Gasteiger partial charge < -0.3 is 0 Å². The normalized spacial score (nSPS) is 11.1. The molecule has 0 aliphatic carbocycles. The van der Waals surface area contributed by atoms with E-state index in [0.717, 1.165) is 24.3 Å². The Morgan fingerprint density at radius 2 is 2.00 bits per heavy atom. The second-order valence-corrected chi connectivity index (χ2v) is 5.88. The van der Waals surface area contributed by atoms with Gasteiger partial charge in [-0.3, -0.25) is 14.8 Å². The van der Waals surface area contributed by atoms with Crippen molar-refractivity contribution in [1.29, 1.82) is 0 Å². The number of benzene rings is 1. The number of anilines is 1. The third kappa shape index (κ3) is 3.44. The Labute approximate surface area is 123 Å². The first-order valence-electron chi connectivity index (χ1n) is 5.39. The Morgan fingerprint density at radius 3 is 2.62 bits per heavy atom. The Hall–Kier alpha value is -2.26. The van der Waals surface area contributed by atoms with E-state index in [4.69, 9.17) is 11.6 Å². The van der Waals surface area contributed by atoms with Crippen LogP contribution in [-0.4, -0.2) is 18.3 Å². The number of halogens is 2. The number of rotatable bonds is 4. The maximum atomic E-state index is 12.9. The molecule has 1 N–H and O–H groups in total. The summed E-state index contributed by atoms with van der Waals surface area (Å²) in [5.41, 5.74) is -0.438. The van der Waals surface area contributed by atoms with Crippen molar-refractivity contribution in [3.05, 3.63) is 57.5 Å². The van der Waals surface area contributed by atoms with Crippen molar-refractivity contribution in [2.45, 2.75) is 4.90 Å². The number of pyridine rings is 1. The Morgan fingerprint density at radius 1 is 1.29 bits per heavy atom. The molecule has 1 heterocycles. The lowest BCUT2D eigenvalue weighted by molar-refractivity contribution is -0.385. The van der Waals surface area contributed by atoms with Gasteiger partial charge in [0.25, 0.3) is 15.7 Å². The summed E-state index contributed by atoms with van der Waals surface area (Å²) in [6.45, 7) is 0. The summed E-state index contributed by atoms with van der Waals surface area (Å²) in [6, 6.07) is 6.50. The number of nitro groups is 1. The van der Waals surface area contributed by atoms with Crippen LogP contribution < -0.4 is 4.72 Å². The first kappa shape index (κ1) is 15.1. The number of nitrogens with zero attached hydrogens (tertiary/aromatic N) is 2. The molecule has 0 aliphatic rings. The second-order valence-electron chi connectivity index (χ2n) is 3.82. The molecule has 1 aromatic heterocycles. The van der Waals surface area contributed by atoms with Crippen LogP contribution in [-0.2, 0) is 10.0 Å². The van der Waals surface area contributed by atoms with Crippen molar-refractivity contribution in [3.63, 3.8) is 0 Å². The van der Waals surface area contributed by atoms with Crippen molar-refractivity contribution >= 4 is 33.1 Å². The topological polar surface area (TPSA) is 102 Å². The predicted molar refractivity (Wildman–Crippen MR) is 73.1 cm³/mol. The van der Waals surface area contributed by atoms with E-state index in [1.807, 2.05) is 4.72 Å². The number of hydrogen-bond acceptors (Lipinski definition) is 5. The average molecular weight is 332 g/mol. The van der Waals surface area contributed by atoms with Gasteiger partial charge in [-0.1, -0.05) is 17.7 Å². The van der Waals surface area contributed by atoms with Gasteiger partial charge in [-0.2, -0.15) is 4.39 Å². The van der Waals surface area contributed by atoms with Crippen molar-refractivity contribution < 1.29 is 17.7 Å². The molecule has 0 amide bonds. The van der Waals surface area contributed by atoms with Crippen LogP contribution in [0, 0.1) is 16.1 Å². The van der Waals surface area contributed by atoms with Gasteiger partial charge in [0.05, 0.1) is 9.95 Å². The van der Waals surface area contributed by atoms with Crippen LogP contribution in [0.3, 0.4) is 0 Å². The molecule has 0 radical (unpaired) electrons. The van der Waals surface area contributed by atoms with Crippen molar-refractivity contribution in [1.82, 2.24) is 4.98 Å². The van der Waals surface area contributed by atoms with Gasteiger partial charge in [0.1, 0.15) is 10.7 Å². The quantitative estimate of drug-likeness (QED) is 0.527. The number of nitrogens with one attached hydrogen (secondary N) is 1. The van der Waals surface area contributed by atoms with Crippen LogP contribution in [0.1, 0.15) is 0 Å². The van der Waals surface area contributed by atoms with E-state index in [1.54, 1.807) is 0 Å². The van der Waals surface area contributed by atoms with E-state index >= 15 is 0 Å². The molecule has 0 spiro atoms. The predicted octanol–water partition coefficient (Wildman–Crippen LogP) is 2.58. The Kier molecular flexibility index (Phi) is 4.05. The van der Waals surface area contributed by atoms with Crippen LogP contribution >= 0.6 is 11.6 Å². The molecule has 0 fully saturated rings. The summed E-state index contributed by atoms with van der Waals surface area (Å²) in [5.74, 6) is -1.14. The molecule has 21 heavy (non-hydrogen) atoms. The third-order valence-electron chi connectivity index (χ3n) is 2.37. The minimum atomic E-state index is -4.23. The SMILES string of the molecule is O=[N+]([O-])c1ccc(Cl)c(S(=O)(=O)Nc2cccc(F)n2)c1. The van der Waals surface area contributed by atoms with Gasteiger partial charge in [-0.25, -0.2) is 13.4 Å². The largest absolute Gasteiger partial charge is 0.270 e. The summed E-state index contributed by atoms with van der Waals surface area (Å²) in [4.78, 5) is 12.8. The molecule has 10 heteroatoms. The lowest BCUT2D eigenvalue weighted by Crippen LogP contribution is -2.15. The van der Waals surface area contributed by atoms with Crippen LogP contribution in [0.15, 0.2) is 41.3 Å². The number of sulfonamides is 1. The molecular formula is C11H7ClFN3O4S. The number of nitro benzene ring substituents is 1. The van der Waals surface area contributed by atoms with E-state index < -0.39 is 31.5 Å². The monoisotopic (exact) mass is 331 g/mol. The molecule has 0 aliphatic heterocycles. The fourth-order valence-corrected chi connectivity index (χ4v) is 2.99. The van der Waals surface area contributed by atoms with E-state index in [9.17, 15) is 22.9 Å². The Bertz CT molecular complexity index is 813. The van der Waals surface area contributed by atoms with E-state index in [-0.39, 0.29) is 10.8 Å². The molecule has 2 rings (SSSR count). The smallest absolute Gasteiger partial charge is 0.263 e. The summed E-state index contributed by atoms with van der Waals surface area (Å²) in [5, 5.41) is 10.5. The highest BCUT2D eigenvalue weighted by molar-refractivity contribution is 7.92. The molecular weight excluding hydrogens is 325 g/mol. The highest BCUT2D eigenvalue weighted by Crippen LogP contribution is 2.27. The summed E-state index contributed by atoms with van der Waals surface area (Å²) < 4.78 is 39.2. The molecule has 0 atom stereocenters. The maximum Gasteiger partial charge on any atom is 0.270 e. The van der Waals surface area contributed by atoms with E-state index in [0.29, 0.717) is 0 Å². The first-order chi connectivity index (χ1) is 9.79. The lowest BCUT2D eigenvalue weighted by atomic mass is 10.3. The fraction of sp³-hybridized carbons (Fsp3) is 0. The van der Waals surface area contributed by atoms with Gasteiger partial charge in [0, 0.05) is 12.1 Å². The maximum absolute atomic E-state index is 12.9. The molecule has 110 valence electrons. The fourth-order valence-electron chi connectivity index (χ4n) is 1.47.